The van der Waals surface area contributed by atoms with E-state index < -0.39 is 23.4 Å². The Morgan fingerprint density at radius 1 is 1.10 bits per heavy atom. The third kappa shape index (κ3) is 5.41. The van der Waals surface area contributed by atoms with E-state index in [0.29, 0.717) is 28.5 Å². The minimum atomic E-state index is -1.31. The molecule has 1 atom stereocenters. The van der Waals surface area contributed by atoms with Crippen molar-refractivity contribution in [2.45, 2.75) is 38.6 Å². The fourth-order valence-corrected chi connectivity index (χ4v) is 3.95. The summed E-state index contributed by atoms with van der Waals surface area (Å²) < 4.78 is 23.8. The average molecular weight is 419 g/mol. The third-order valence-electron chi connectivity index (χ3n) is 4.59. The molecule has 0 aliphatic heterocycles. The van der Waals surface area contributed by atoms with Gasteiger partial charge in [0.2, 0.25) is 5.78 Å². The lowest BCUT2D eigenvalue weighted by Gasteiger charge is -2.10. The number of rotatable bonds is 9. The predicted octanol–water partition coefficient (Wildman–Crippen LogP) is 2.84. The highest BCUT2D eigenvalue weighted by molar-refractivity contribution is 7.85. The summed E-state index contributed by atoms with van der Waals surface area (Å²) in [5.74, 6) is -0.983. The molecule has 1 aromatic carbocycles. The molecular weight excluding hydrogens is 394 g/mol. The Morgan fingerprint density at radius 3 is 2.45 bits per heavy atom. The second kappa shape index (κ2) is 10.2. The summed E-state index contributed by atoms with van der Waals surface area (Å²) in [6.07, 6.45) is 0.195. The van der Waals surface area contributed by atoms with Crippen molar-refractivity contribution in [1.82, 2.24) is 4.57 Å². The van der Waals surface area contributed by atoms with Gasteiger partial charge in [0.25, 0.3) is 0 Å². The van der Waals surface area contributed by atoms with Crippen molar-refractivity contribution in [2.24, 2.45) is 0 Å². The summed E-state index contributed by atoms with van der Waals surface area (Å²) in [7, 11) is 0.0183. The van der Waals surface area contributed by atoms with Crippen molar-refractivity contribution >= 4 is 28.5 Å². The molecule has 2 aromatic rings. The molecule has 8 heteroatoms. The van der Waals surface area contributed by atoms with Crippen LogP contribution in [-0.4, -0.2) is 46.0 Å². The molecular formula is C21H25NO6S. The Hall–Kier alpha value is -2.74. The maximum Gasteiger partial charge on any atom is 0.339 e. The van der Waals surface area contributed by atoms with Crippen LogP contribution in [0.3, 0.4) is 0 Å². The molecule has 0 radical (unpaired) electrons. The van der Waals surface area contributed by atoms with E-state index in [0.717, 1.165) is 5.69 Å². The number of carbonyl (C=O) groups excluding carboxylic acids is 3. The monoisotopic (exact) mass is 419 g/mol. The normalized spacial score (nSPS) is 11.7. The Kier molecular flexibility index (Phi) is 7.90. The van der Waals surface area contributed by atoms with Gasteiger partial charge in [0.15, 0.2) is 6.61 Å². The van der Waals surface area contributed by atoms with Crippen LogP contribution in [0.25, 0.3) is 0 Å². The zero-order valence-corrected chi connectivity index (χ0v) is 17.8. The van der Waals surface area contributed by atoms with Crippen LogP contribution in [0.2, 0.25) is 0 Å². The molecule has 0 fully saturated rings. The molecule has 0 amide bonds. The second-order valence-corrected chi connectivity index (χ2v) is 8.10. The fraction of sp³-hybridized carbons (Fsp3) is 0.381. The van der Waals surface area contributed by atoms with Crippen LogP contribution < -0.4 is 0 Å². The molecule has 0 bridgehead atoms. The van der Waals surface area contributed by atoms with Gasteiger partial charge >= 0.3 is 11.9 Å². The Balaban J connectivity index is 2.09. The van der Waals surface area contributed by atoms with Crippen molar-refractivity contribution in [3.8, 4) is 0 Å². The largest absolute Gasteiger partial charge is 0.469 e. The number of aromatic nitrogens is 1. The van der Waals surface area contributed by atoms with Gasteiger partial charge in [-0.2, -0.15) is 0 Å². The molecule has 0 N–H and O–H groups in total. The standard InChI is InChI=1S/C21H25NO6S/c1-5-29(26)19-9-7-6-8-16(19)21(25)28-13-18(23)17-12-14(2)22(15(17)3)11-10-20(24)27-4/h6-9,12H,5,10-11,13H2,1-4H3/t29-/m0/s1. The van der Waals surface area contributed by atoms with Crippen molar-refractivity contribution in [2.75, 3.05) is 19.5 Å². The van der Waals surface area contributed by atoms with Gasteiger partial charge in [0.05, 0.1) is 34.8 Å². The van der Waals surface area contributed by atoms with Crippen LogP contribution in [0.1, 0.15) is 45.4 Å². The van der Waals surface area contributed by atoms with E-state index in [1.807, 2.05) is 11.5 Å². The lowest BCUT2D eigenvalue weighted by molar-refractivity contribution is -0.140. The van der Waals surface area contributed by atoms with E-state index in [2.05, 4.69) is 4.74 Å². The van der Waals surface area contributed by atoms with Gasteiger partial charge in [-0.25, -0.2) is 4.79 Å². The van der Waals surface area contributed by atoms with Gasteiger partial charge in [-0.1, -0.05) is 19.1 Å². The molecule has 7 nitrogen and oxygen atoms in total. The van der Waals surface area contributed by atoms with Crippen molar-refractivity contribution < 1.29 is 28.1 Å². The summed E-state index contributed by atoms with van der Waals surface area (Å²) in [4.78, 5) is 36.8. The number of ketones is 1. The van der Waals surface area contributed by atoms with Gasteiger partial charge in [0, 0.05) is 29.2 Å². The number of benzene rings is 1. The average Bonchev–Trinajstić information content (AvgIpc) is 3.02. The Morgan fingerprint density at radius 2 is 1.79 bits per heavy atom. The van der Waals surface area contributed by atoms with E-state index in [1.54, 1.807) is 38.1 Å². The maximum atomic E-state index is 12.6. The van der Waals surface area contributed by atoms with Crippen LogP contribution >= 0.6 is 0 Å². The molecule has 0 aliphatic rings. The zero-order valence-electron chi connectivity index (χ0n) is 17.0. The number of carbonyl (C=O) groups is 3. The summed E-state index contributed by atoms with van der Waals surface area (Å²) in [6, 6.07) is 8.22. The van der Waals surface area contributed by atoms with Gasteiger partial charge < -0.3 is 14.0 Å². The highest BCUT2D eigenvalue weighted by Crippen LogP contribution is 2.18. The highest BCUT2D eigenvalue weighted by Gasteiger charge is 2.20. The lowest BCUT2D eigenvalue weighted by Crippen LogP contribution is -2.17. The van der Waals surface area contributed by atoms with Crippen LogP contribution in [0.15, 0.2) is 35.2 Å². The minimum Gasteiger partial charge on any atom is -0.469 e. The van der Waals surface area contributed by atoms with Gasteiger partial charge in [-0.15, -0.1) is 0 Å². The molecule has 0 spiro atoms. The maximum absolute atomic E-state index is 12.6. The number of hydrogen-bond acceptors (Lipinski definition) is 6. The van der Waals surface area contributed by atoms with Gasteiger partial charge in [0.1, 0.15) is 0 Å². The second-order valence-electron chi connectivity index (χ2n) is 6.39. The third-order valence-corrected chi connectivity index (χ3v) is 5.96. The fourth-order valence-electron chi connectivity index (χ4n) is 3.01. The van der Waals surface area contributed by atoms with Crippen LogP contribution in [-0.2, 0) is 31.6 Å². The zero-order chi connectivity index (χ0) is 21.6. The molecule has 0 unspecified atom stereocenters. The quantitative estimate of drug-likeness (QED) is 0.458. The van der Waals surface area contributed by atoms with E-state index >= 15 is 0 Å². The number of hydrogen-bond donors (Lipinski definition) is 0. The number of aryl methyl sites for hydroxylation is 1. The van der Waals surface area contributed by atoms with E-state index in [-0.39, 0.29) is 23.7 Å². The van der Waals surface area contributed by atoms with E-state index in [1.165, 1.54) is 13.2 Å². The molecule has 0 saturated carbocycles. The first-order chi connectivity index (χ1) is 13.8. The highest BCUT2D eigenvalue weighted by atomic mass is 32.2. The lowest BCUT2D eigenvalue weighted by atomic mass is 10.1. The number of esters is 2. The molecule has 156 valence electrons. The molecule has 0 aliphatic carbocycles. The molecule has 2 rings (SSSR count). The first-order valence-corrected chi connectivity index (χ1v) is 10.5. The van der Waals surface area contributed by atoms with Crippen LogP contribution in [0.4, 0.5) is 0 Å². The number of methoxy groups -OCH3 is 1. The predicted molar refractivity (Wildman–Crippen MR) is 109 cm³/mol. The van der Waals surface area contributed by atoms with Crippen molar-refractivity contribution in [3.05, 3.63) is 52.8 Å². The van der Waals surface area contributed by atoms with Gasteiger partial charge in [-0.3, -0.25) is 13.8 Å². The first-order valence-electron chi connectivity index (χ1n) is 9.21. The minimum absolute atomic E-state index is 0.195. The van der Waals surface area contributed by atoms with Crippen LogP contribution in [0, 0.1) is 13.8 Å². The molecule has 1 aromatic heterocycles. The topological polar surface area (TPSA) is 91.7 Å². The van der Waals surface area contributed by atoms with E-state index in [4.69, 9.17) is 4.74 Å². The summed E-state index contributed by atoms with van der Waals surface area (Å²) in [6.45, 7) is 5.35. The molecule has 1 heterocycles. The number of nitrogens with zero attached hydrogens (tertiary/aromatic N) is 1. The Labute approximate surface area is 172 Å². The van der Waals surface area contributed by atoms with Crippen LogP contribution in [0.5, 0.6) is 0 Å². The SMILES string of the molecule is CC[S@](=O)c1ccccc1C(=O)OCC(=O)c1cc(C)n(CCC(=O)OC)c1C. The van der Waals surface area contributed by atoms with E-state index in [9.17, 15) is 18.6 Å². The number of ether oxygens (including phenoxy) is 2. The van der Waals surface area contributed by atoms with Crippen molar-refractivity contribution in [1.29, 1.82) is 0 Å². The van der Waals surface area contributed by atoms with Crippen molar-refractivity contribution in [3.63, 3.8) is 0 Å². The molecule has 0 saturated heterocycles. The number of Topliss-reactive ketones (excluding diaryl/α,β-unsaturated/α-hetero) is 1. The smallest absolute Gasteiger partial charge is 0.339 e. The Bertz CT molecular complexity index is 947. The van der Waals surface area contributed by atoms with Gasteiger partial charge in [-0.05, 0) is 32.0 Å². The summed E-state index contributed by atoms with van der Waals surface area (Å²) in [5.41, 5.74) is 2.15. The summed E-state index contributed by atoms with van der Waals surface area (Å²) in [5, 5.41) is 0. The first kappa shape index (κ1) is 22.5. The summed E-state index contributed by atoms with van der Waals surface area (Å²) >= 11 is 0. The molecule has 29 heavy (non-hydrogen) atoms.